The van der Waals surface area contributed by atoms with Crippen LogP contribution >= 0.6 is 0 Å². The number of nitrogens with zero attached hydrogens (tertiary/aromatic N) is 1. The van der Waals surface area contributed by atoms with Gasteiger partial charge in [-0.25, -0.2) is 0 Å². The predicted octanol–water partition coefficient (Wildman–Crippen LogP) is 2.54. The number of aliphatic carboxylic acids is 1. The molecule has 2 rings (SSSR count). The molecule has 18 heavy (non-hydrogen) atoms. The summed E-state index contributed by atoms with van der Waals surface area (Å²) in [6, 6.07) is 3.26. The van der Waals surface area contributed by atoms with Crippen molar-refractivity contribution in [2.45, 2.75) is 25.1 Å². The zero-order valence-corrected chi connectivity index (χ0v) is 9.66. The molecule has 1 atom stereocenters. The second-order valence-corrected chi connectivity index (χ2v) is 4.41. The van der Waals surface area contributed by atoms with Crippen molar-refractivity contribution in [2.75, 3.05) is 11.9 Å². The summed E-state index contributed by atoms with van der Waals surface area (Å²) in [6.07, 6.45) is -4.10. The molecule has 0 saturated heterocycles. The van der Waals surface area contributed by atoms with Crippen LogP contribution in [0.2, 0.25) is 0 Å². The Hall–Kier alpha value is -1.72. The maximum Gasteiger partial charge on any atom is 0.416 e. The lowest BCUT2D eigenvalue weighted by atomic mass is 10.0. The summed E-state index contributed by atoms with van der Waals surface area (Å²) in [5, 5.41) is 8.75. The number of alkyl halides is 3. The number of likely N-dealkylation sites (N-methyl/N-ethyl adjacent to an activating group) is 1. The van der Waals surface area contributed by atoms with Gasteiger partial charge in [0.25, 0.3) is 0 Å². The van der Waals surface area contributed by atoms with Crippen molar-refractivity contribution >= 4 is 11.7 Å². The van der Waals surface area contributed by atoms with E-state index in [1.54, 1.807) is 11.9 Å². The lowest BCUT2D eigenvalue weighted by molar-refractivity contribution is -0.138. The van der Waals surface area contributed by atoms with Crippen LogP contribution in [-0.2, 0) is 17.4 Å². The maximum absolute atomic E-state index is 12.6. The van der Waals surface area contributed by atoms with Crippen molar-refractivity contribution in [3.8, 4) is 0 Å². The quantitative estimate of drug-likeness (QED) is 0.887. The average molecular weight is 259 g/mol. The number of benzene rings is 1. The molecule has 0 aliphatic carbocycles. The minimum absolute atomic E-state index is 0.0769. The van der Waals surface area contributed by atoms with Gasteiger partial charge in [0.05, 0.1) is 12.0 Å². The molecule has 6 heteroatoms. The minimum atomic E-state index is -4.36. The second kappa shape index (κ2) is 4.19. The molecule has 1 heterocycles. The van der Waals surface area contributed by atoms with Crippen molar-refractivity contribution < 1.29 is 23.1 Å². The molecular formula is C12H12F3NO2. The maximum atomic E-state index is 12.6. The van der Waals surface area contributed by atoms with Gasteiger partial charge in [-0.1, -0.05) is 0 Å². The average Bonchev–Trinajstić information content (AvgIpc) is 2.53. The van der Waals surface area contributed by atoms with Gasteiger partial charge in [0.15, 0.2) is 0 Å². The number of halogens is 3. The van der Waals surface area contributed by atoms with E-state index >= 15 is 0 Å². The molecule has 1 aliphatic heterocycles. The van der Waals surface area contributed by atoms with E-state index in [9.17, 15) is 18.0 Å². The molecule has 1 aromatic carbocycles. The summed E-state index contributed by atoms with van der Waals surface area (Å²) < 4.78 is 37.7. The number of carboxylic acid groups (broad SMARTS) is 1. The summed E-state index contributed by atoms with van der Waals surface area (Å²) in [4.78, 5) is 12.4. The molecule has 0 spiro atoms. The fourth-order valence-corrected chi connectivity index (χ4v) is 2.27. The molecule has 0 bridgehead atoms. The minimum Gasteiger partial charge on any atom is -0.481 e. The highest BCUT2D eigenvalue weighted by atomic mass is 19.4. The summed E-state index contributed by atoms with van der Waals surface area (Å²) in [6.45, 7) is 0. The summed E-state index contributed by atoms with van der Waals surface area (Å²) in [5.41, 5.74) is 0.540. The van der Waals surface area contributed by atoms with Crippen LogP contribution in [-0.4, -0.2) is 24.2 Å². The number of hydrogen-bond donors (Lipinski definition) is 1. The van der Waals surface area contributed by atoms with Crippen LogP contribution < -0.4 is 4.90 Å². The van der Waals surface area contributed by atoms with Crippen LogP contribution in [0.25, 0.3) is 0 Å². The molecule has 1 aromatic rings. The van der Waals surface area contributed by atoms with Crippen LogP contribution in [0, 0.1) is 0 Å². The fraction of sp³-hybridized carbons (Fsp3) is 0.417. The molecule has 0 radical (unpaired) electrons. The Morgan fingerprint density at radius 1 is 1.50 bits per heavy atom. The van der Waals surface area contributed by atoms with E-state index in [0.717, 1.165) is 12.1 Å². The van der Waals surface area contributed by atoms with Gasteiger partial charge in [-0.2, -0.15) is 13.2 Å². The third-order valence-electron chi connectivity index (χ3n) is 3.20. The van der Waals surface area contributed by atoms with Gasteiger partial charge in [-0.05, 0) is 30.2 Å². The topological polar surface area (TPSA) is 40.5 Å². The third kappa shape index (κ3) is 2.27. The highest BCUT2D eigenvalue weighted by Gasteiger charge is 2.34. The van der Waals surface area contributed by atoms with Gasteiger partial charge in [-0.15, -0.1) is 0 Å². The van der Waals surface area contributed by atoms with Crippen molar-refractivity contribution in [3.63, 3.8) is 0 Å². The fourth-order valence-electron chi connectivity index (χ4n) is 2.27. The molecule has 1 unspecified atom stereocenters. The molecule has 3 nitrogen and oxygen atoms in total. The Kier molecular flexibility index (Phi) is 2.96. The van der Waals surface area contributed by atoms with E-state index in [4.69, 9.17) is 5.11 Å². The van der Waals surface area contributed by atoms with E-state index in [-0.39, 0.29) is 12.5 Å². The Bertz CT molecular complexity index is 485. The summed E-state index contributed by atoms with van der Waals surface area (Å²) >= 11 is 0. The highest BCUT2D eigenvalue weighted by molar-refractivity contribution is 5.70. The Labute approximate surface area is 102 Å². The number of hydrogen-bond acceptors (Lipinski definition) is 2. The highest BCUT2D eigenvalue weighted by Crippen LogP contribution is 2.37. The Morgan fingerprint density at radius 2 is 2.17 bits per heavy atom. The Morgan fingerprint density at radius 3 is 2.72 bits per heavy atom. The molecule has 1 aliphatic rings. The van der Waals surface area contributed by atoms with Crippen LogP contribution in [0.15, 0.2) is 18.2 Å². The first kappa shape index (κ1) is 12.7. The Balaban J connectivity index is 2.29. The predicted molar refractivity (Wildman–Crippen MR) is 59.6 cm³/mol. The van der Waals surface area contributed by atoms with Crippen LogP contribution in [0.1, 0.15) is 17.5 Å². The number of anilines is 1. The largest absolute Gasteiger partial charge is 0.481 e. The van der Waals surface area contributed by atoms with Crippen molar-refractivity contribution in [1.82, 2.24) is 0 Å². The van der Waals surface area contributed by atoms with Crippen LogP contribution in [0.4, 0.5) is 18.9 Å². The van der Waals surface area contributed by atoms with Gasteiger partial charge in [0.2, 0.25) is 0 Å². The normalized spacial score (nSPS) is 18.9. The van der Waals surface area contributed by atoms with Crippen LogP contribution in [0.5, 0.6) is 0 Å². The van der Waals surface area contributed by atoms with Crippen LogP contribution in [0.3, 0.4) is 0 Å². The first-order chi connectivity index (χ1) is 8.29. The first-order valence-corrected chi connectivity index (χ1v) is 5.44. The second-order valence-electron chi connectivity index (χ2n) is 4.41. The smallest absolute Gasteiger partial charge is 0.416 e. The van der Waals surface area contributed by atoms with Gasteiger partial charge < -0.3 is 10.0 Å². The monoisotopic (exact) mass is 259 g/mol. The zero-order valence-electron chi connectivity index (χ0n) is 9.66. The van der Waals surface area contributed by atoms with Crippen molar-refractivity contribution in [1.29, 1.82) is 0 Å². The molecule has 0 aromatic heterocycles. The number of rotatable bonds is 2. The molecule has 0 saturated carbocycles. The van der Waals surface area contributed by atoms with E-state index in [1.807, 2.05) is 0 Å². The molecule has 98 valence electrons. The van der Waals surface area contributed by atoms with E-state index in [0.29, 0.717) is 17.7 Å². The standard InChI is InChI=1S/C12H12F3NO2/c1-16-9(6-11(17)18)5-7-4-8(12(13,14)15)2-3-10(7)16/h2-4,9H,5-6H2,1H3,(H,17,18). The molecule has 0 fully saturated rings. The summed E-state index contributed by atoms with van der Waals surface area (Å²) in [7, 11) is 1.70. The van der Waals surface area contributed by atoms with E-state index < -0.39 is 17.7 Å². The van der Waals surface area contributed by atoms with E-state index in [2.05, 4.69) is 0 Å². The SMILES string of the molecule is CN1c2ccc(C(F)(F)F)cc2CC1CC(=O)O. The first-order valence-electron chi connectivity index (χ1n) is 5.44. The number of carbonyl (C=O) groups is 1. The van der Waals surface area contributed by atoms with E-state index in [1.165, 1.54) is 6.07 Å². The van der Waals surface area contributed by atoms with Gasteiger partial charge >= 0.3 is 12.1 Å². The van der Waals surface area contributed by atoms with Gasteiger partial charge in [0, 0.05) is 18.8 Å². The summed E-state index contributed by atoms with van der Waals surface area (Å²) in [5.74, 6) is -0.948. The molecular weight excluding hydrogens is 247 g/mol. The molecule has 0 amide bonds. The lowest BCUT2D eigenvalue weighted by Crippen LogP contribution is -2.30. The lowest BCUT2D eigenvalue weighted by Gasteiger charge is -2.20. The van der Waals surface area contributed by atoms with Crippen molar-refractivity contribution in [2.24, 2.45) is 0 Å². The third-order valence-corrected chi connectivity index (χ3v) is 3.20. The number of carboxylic acids is 1. The number of fused-ring (bicyclic) bond motifs is 1. The van der Waals surface area contributed by atoms with Gasteiger partial charge in [-0.3, -0.25) is 4.79 Å². The molecule has 1 N–H and O–H groups in total. The van der Waals surface area contributed by atoms with Crippen molar-refractivity contribution in [3.05, 3.63) is 29.3 Å². The van der Waals surface area contributed by atoms with Gasteiger partial charge in [0.1, 0.15) is 0 Å². The zero-order chi connectivity index (χ0) is 13.5.